The summed E-state index contributed by atoms with van der Waals surface area (Å²) in [6.45, 7) is 0. The normalized spacial score (nSPS) is 10.5. The molecule has 0 bridgehead atoms. The van der Waals surface area contributed by atoms with Crippen molar-refractivity contribution in [2.45, 2.75) is 0 Å². The van der Waals surface area contributed by atoms with Gasteiger partial charge >= 0.3 is 0 Å². The van der Waals surface area contributed by atoms with Crippen molar-refractivity contribution >= 4 is 24.2 Å². The van der Waals surface area contributed by atoms with Gasteiger partial charge in [0.25, 0.3) is 5.56 Å². The predicted molar refractivity (Wildman–Crippen MR) is 47.7 cm³/mol. The summed E-state index contributed by atoms with van der Waals surface area (Å²) in [4.78, 5) is 17.2. The van der Waals surface area contributed by atoms with Crippen LogP contribution in [0.1, 0.15) is 0 Å². The SMILES string of the molecule is [B]c1cc(F)c2nc[nH]c(=O)c2c1. The minimum Gasteiger partial charge on any atom is -0.313 e. The van der Waals surface area contributed by atoms with E-state index in [0.29, 0.717) is 0 Å². The Labute approximate surface area is 74.0 Å². The summed E-state index contributed by atoms with van der Waals surface area (Å²) in [6.07, 6.45) is 1.16. The lowest BCUT2D eigenvalue weighted by Gasteiger charge is -1.98. The van der Waals surface area contributed by atoms with Crippen molar-refractivity contribution in [1.29, 1.82) is 0 Å². The standard InChI is InChI=1S/C8H4BFN2O/c9-4-1-5-7(6(10)2-4)11-3-12-8(5)13/h1-3H,(H,11,12,13). The molecule has 0 aliphatic rings. The van der Waals surface area contributed by atoms with Crippen LogP contribution in [0.15, 0.2) is 23.3 Å². The molecule has 2 aromatic rings. The fourth-order valence-corrected chi connectivity index (χ4v) is 1.16. The maximum atomic E-state index is 13.1. The molecule has 5 heteroatoms. The molecular weight excluding hydrogens is 170 g/mol. The molecule has 0 amide bonds. The number of H-pyrrole nitrogens is 1. The largest absolute Gasteiger partial charge is 0.313 e. The van der Waals surface area contributed by atoms with Crippen molar-refractivity contribution in [1.82, 2.24) is 9.97 Å². The van der Waals surface area contributed by atoms with Crippen molar-refractivity contribution in [2.75, 3.05) is 0 Å². The second kappa shape index (κ2) is 2.69. The number of halogens is 1. The van der Waals surface area contributed by atoms with Gasteiger partial charge in [0.15, 0.2) is 0 Å². The third-order valence-corrected chi connectivity index (χ3v) is 1.72. The Morgan fingerprint density at radius 3 is 3.00 bits per heavy atom. The van der Waals surface area contributed by atoms with Crippen LogP contribution >= 0.6 is 0 Å². The summed E-state index contributed by atoms with van der Waals surface area (Å²) < 4.78 is 13.1. The Bertz CT molecular complexity index is 523. The van der Waals surface area contributed by atoms with Crippen LogP contribution in [0.3, 0.4) is 0 Å². The maximum Gasteiger partial charge on any atom is 0.258 e. The number of benzene rings is 1. The van der Waals surface area contributed by atoms with E-state index in [-0.39, 0.29) is 16.4 Å². The van der Waals surface area contributed by atoms with Crippen LogP contribution in [0, 0.1) is 5.82 Å². The summed E-state index contributed by atoms with van der Waals surface area (Å²) in [5, 5.41) is 0.167. The summed E-state index contributed by atoms with van der Waals surface area (Å²) in [6, 6.07) is 2.53. The summed E-state index contributed by atoms with van der Waals surface area (Å²) in [5.74, 6) is -0.582. The zero-order valence-electron chi connectivity index (χ0n) is 6.54. The van der Waals surface area contributed by atoms with Crippen molar-refractivity contribution in [3.63, 3.8) is 0 Å². The topological polar surface area (TPSA) is 45.8 Å². The number of nitrogens with one attached hydrogen (secondary N) is 1. The number of aromatic amines is 1. The number of hydrogen-bond donors (Lipinski definition) is 1. The van der Waals surface area contributed by atoms with Crippen molar-refractivity contribution in [2.24, 2.45) is 0 Å². The number of rotatable bonds is 0. The van der Waals surface area contributed by atoms with Gasteiger partial charge in [0.05, 0.1) is 11.7 Å². The molecule has 0 saturated carbocycles. The van der Waals surface area contributed by atoms with Crippen LogP contribution in [-0.4, -0.2) is 17.8 Å². The van der Waals surface area contributed by atoms with Gasteiger partial charge in [-0.15, -0.1) is 0 Å². The first kappa shape index (κ1) is 7.98. The van der Waals surface area contributed by atoms with Gasteiger partial charge < -0.3 is 4.98 Å². The van der Waals surface area contributed by atoms with Crippen LogP contribution in [0.5, 0.6) is 0 Å². The molecule has 0 unspecified atom stereocenters. The first-order valence-corrected chi connectivity index (χ1v) is 3.61. The number of aromatic nitrogens is 2. The van der Waals surface area contributed by atoms with E-state index in [2.05, 4.69) is 9.97 Å². The highest BCUT2D eigenvalue weighted by Gasteiger charge is 2.04. The molecule has 0 fully saturated rings. The summed E-state index contributed by atoms with van der Waals surface area (Å²) in [7, 11) is 5.37. The molecule has 1 aromatic carbocycles. The highest BCUT2D eigenvalue weighted by molar-refractivity contribution is 6.33. The first-order valence-electron chi connectivity index (χ1n) is 3.61. The van der Waals surface area contributed by atoms with E-state index < -0.39 is 11.4 Å². The molecule has 0 saturated heterocycles. The number of hydrogen-bond acceptors (Lipinski definition) is 2. The maximum absolute atomic E-state index is 13.1. The minimum absolute atomic E-state index is 0.0398. The third-order valence-electron chi connectivity index (χ3n) is 1.72. The van der Waals surface area contributed by atoms with Gasteiger partial charge in [-0.05, 0) is 6.07 Å². The lowest BCUT2D eigenvalue weighted by atomic mass is 9.95. The predicted octanol–water partition coefficient (Wildman–Crippen LogP) is -0.144. The van der Waals surface area contributed by atoms with Gasteiger partial charge in [-0.1, -0.05) is 11.5 Å². The Hall–Kier alpha value is -1.65. The lowest BCUT2D eigenvalue weighted by molar-refractivity contribution is 0.637. The molecule has 13 heavy (non-hydrogen) atoms. The smallest absolute Gasteiger partial charge is 0.258 e. The highest BCUT2D eigenvalue weighted by atomic mass is 19.1. The molecule has 0 aliphatic carbocycles. The van der Waals surface area contributed by atoms with E-state index in [1.807, 2.05) is 0 Å². The van der Waals surface area contributed by atoms with Crippen molar-refractivity contribution in [3.05, 3.63) is 34.6 Å². The quantitative estimate of drug-likeness (QED) is 0.564. The van der Waals surface area contributed by atoms with E-state index in [4.69, 9.17) is 7.85 Å². The third kappa shape index (κ3) is 1.22. The van der Waals surface area contributed by atoms with E-state index in [0.717, 1.165) is 12.4 Å². The second-order valence-electron chi connectivity index (χ2n) is 2.63. The molecule has 1 aromatic heterocycles. The fraction of sp³-hybridized carbons (Fsp3) is 0. The molecular formula is C8H4BFN2O. The fourth-order valence-electron chi connectivity index (χ4n) is 1.16. The molecule has 3 nitrogen and oxygen atoms in total. The molecule has 62 valence electrons. The number of fused-ring (bicyclic) bond motifs is 1. The van der Waals surface area contributed by atoms with E-state index in [1.54, 1.807) is 0 Å². The summed E-state index contributed by atoms with van der Waals surface area (Å²) >= 11 is 0. The lowest BCUT2D eigenvalue weighted by Crippen LogP contribution is -2.12. The average molecular weight is 174 g/mol. The van der Waals surface area contributed by atoms with Crippen LogP contribution < -0.4 is 11.0 Å². The second-order valence-corrected chi connectivity index (χ2v) is 2.63. The van der Waals surface area contributed by atoms with Crippen LogP contribution in [0.25, 0.3) is 10.9 Å². The molecule has 1 N–H and O–H groups in total. The Morgan fingerprint density at radius 1 is 1.46 bits per heavy atom. The van der Waals surface area contributed by atoms with Crippen LogP contribution in [-0.2, 0) is 0 Å². The molecule has 1 heterocycles. The molecule has 2 rings (SSSR count). The van der Waals surface area contributed by atoms with Gasteiger partial charge in [-0.2, -0.15) is 0 Å². The number of nitrogens with zero attached hydrogens (tertiary/aromatic N) is 1. The van der Waals surface area contributed by atoms with Crippen LogP contribution in [0.2, 0.25) is 0 Å². The van der Waals surface area contributed by atoms with E-state index in [9.17, 15) is 9.18 Å². The van der Waals surface area contributed by atoms with Crippen molar-refractivity contribution < 1.29 is 4.39 Å². The molecule has 0 atom stereocenters. The van der Waals surface area contributed by atoms with Gasteiger partial charge in [0, 0.05) is 0 Å². The summed E-state index contributed by atoms with van der Waals surface area (Å²) in [5.41, 5.74) is -0.141. The van der Waals surface area contributed by atoms with E-state index >= 15 is 0 Å². The van der Waals surface area contributed by atoms with Crippen molar-refractivity contribution in [3.8, 4) is 0 Å². The Balaban J connectivity index is 3.03. The average Bonchev–Trinajstić information content (AvgIpc) is 2.07. The van der Waals surface area contributed by atoms with Crippen LogP contribution in [0.4, 0.5) is 4.39 Å². The molecule has 0 aliphatic heterocycles. The molecule has 0 spiro atoms. The zero-order chi connectivity index (χ0) is 9.42. The van der Waals surface area contributed by atoms with Gasteiger partial charge in [0.2, 0.25) is 0 Å². The molecule has 2 radical (unpaired) electrons. The van der Waals surface area contributed by atoms with Gasteiger partial charge in [-0.25, -0.2) is 9.37 Å². The van der Waals surface area contributed by atoms with Gasteiger partial charge in [-0.3, -0.25) is 4.79 Å². The Kier molecular flexibility index (Phi) is 1.65. The van der Waals surface area contributed by atoms with E-state index in [1.165, 1.54) is 6.07 Å². The van der Waals surface area contributed by atoms with Gasteiger partial charge in [0.1, 0.15) is 19.2 Å². The monoisotopic (exact) mass is 174 g/mol. The Morgan fingerprint density at radius 2 is 2.23 bits per heavy atom. The first-order chi connectivity index (χ1) is 6.18. The highest BCUT2D eigenvalue weighted by Crippen LogP contribution is 2.07. The zero-order valence-corrected chi connectivity index (χ0v) is 6.54. The minimum atomic E-state index is -0.582.